The first-order chi connectivity index (χ1) is 12.8. The number of hydrogen-bond acceptors (Lipinski definition) is 5. The zero-order valence-electron chi connectivity index (χ0n) is 16.0. The Bertz CT molecular complexity index is 728. The van der Waals surface area contributed by atoms with E-state index in [0.29, 0.717) is 24.2 Å². The van der Waals surface area contributed by atoms with Gasteiger partial charge in [-0.15, -0.1) is 0 Å². The molecule has 0 spiro atoms. The van der Waals surface area contributed by atoms with Crippen molar-refractivity contribution in [2.45, 2.75) is 58.5 Å². The highest BCUT2D eigenvalue weighted by Gasteiger charge is 2.58. The van der Waals surface area contributed by atoms with Gasteiger partial charge in [-0.05, 0) is 72.3 Å². The van der Waals surface area contributed by atoms with Crippen LogP contribution in [0.4, 0.5) is 0 Å². The molecule has 0 aromatic rings. The van der Waals surface area contributed by atoms with Crippen LogP contribution in [0.1, 0.15) is 52.4 Å². The largest absolute Gasteiger partial charge is 0.479 e. The maximum atomic E-state index is 12.1. The first-order valence-corrected chi connectivity index (χ1v) is 10.0. The summed E-state index contributed by atoms with van der Waals surface area (Å²) in [6.45, 7) is 4.01. The highest BCUT2D eigenvalue weighted by Crippen LogP contribution is 2.64. The van der Waals surface area contributed by atoms with Gasteiger partial charge in [0.15, 0.2) is 12.4 Å². The minimum atomic E-state index is -1.04. The molecule has 0 aliphatic heterocycles. The number of aliphatic hydroxyl groups is 1. The Morgan fingerprint density at radius 3 is 2.78 bits per heavy atom. The summed E-state index contributed by atoms with van der Waals surface area (Å²) in [7, 11) is 0. The summed E-state index contributed by atoms with van der Waals surface area (Å²) in [5, 5.41) is 19.5. The lowest BCUT2D eigenvalue weighted by Gasteiger charge is -2.56. The topological polar surface area (TPSA) is 95.9 Å². The second-order valence-corrected chi connectivity index (χ2v) is 9.23. The molecule has 0 aromatic heterocycles. The summed E-state index contributed by atoms with van der Waals surface area (Å²) in [6.07, 6.45) is 8.88. The smallest absolute Gasteiger partial charge is 0.332 e. The maximum absolute atomic E-state index is 12.1. The lowest BCUT2D eigenvalue weighted by molar-refractivity contribution is -0.144. The van der Waals surface area contributed by atoms with Crippen LogP contribution in [0, 0.1) is 28.6 Å². The number of hydroxylamine groups is 1. The number of carbonyl (C=O) groups excluding carboxylic acids is 1. The molecule has 2 fully saturated rings. The van der Waals surface area contributed by atoms with Crippen LogP contribution >= 0.6 is 0 Å². The average molecular weight is 375 g/mol. The van der Waals surface area contributed by atoms with Crippen LogP contribution in [0.3, 0.4) is 0 Å². The van der Waals surface area contributed by atoms with E-state index in [-0.39, 0.29) is 22.7 Å². The molecule has 0 amide bonds. The van der Waals surface area contributed by atoms with E-state index in [2.05, 4.69) is 25.4 Å². The van der Waals surface area contributed by atoms with Crippen LogP contribution in [0.25, 0.3) is 0 Å². The summed E-state index contributed by atoms with van der Waals surface area (Å²) in [5.74, 6) is 0.206. The molecule has 6 nitrogen and oxygen atoms in total. The molecular formula is C21H29NO5. The van der Waals surface area contributed by atoms with Gasteiger partial charge in [0, 0.05) is 6.42 Å². The van der Waals surface area contributed by atoms with Gasteiger partial charge in [-0.1, -0.05) is 19.9 Å². The van der Waals surface area contributed by atoms with E-state index in [9.17, 15) is 14.7 Å². The van der Waals surface area contributed by atoms with Crippen molar-refractivity contribution in [3.05, 3.63) is 23.4 Å². The molecule has 148 valence electrons. The van der Waals surface area contributed by atoms with Gasteiger partial charge in [0.2, 0.25) is 0 Å². The average Bonchev–Trinajstić information content (AvgIpc) is 2.91. The number of carbonyl (C=O) groups is 2. The Labute approximate surface area is 159 Å². The summed E-state index contributed by atoms with van der Waals surface area (Å²) in [5.41, 5.74) is 4.33. The van der Waals surface area contributed by atoms with Gasteiger partial charge in [0.1, 0.15) is 0 Å². The van der Waals surface area contributed by atoms with E-state index in [1.165, 1.54) is 0 Å². The summed E-state index contributed by atoms with van der Waals surface area (Å²) < 4.78 is 0. The predicted octanol–water partition coefficient (Wildman–Crippen LogP) is 2.59. The lowest BCUT2D eigenvalue weighted by Crippen LogP contribution is -2.51. The van der Waals surface area contributed by atoms with Gasteiger partial charge < -0.3 is 10.2 Å². The van der Waals surface area contributed by atoms with E-state index in [1.54, 1.807) is 6.08 Å². The fourth-order valence-corrected chi connectivity index (χ4v) is 6.38. The summed E-state index contributed by atoms with van der Waals surface area (Å²) in [6, 6.07) is 0. The third-order valence-corrected chi connectivity index (χ3v) is 7.94. The van der Waals surface area contributed by atoms with E-state index >= 15 is 0 Å². The predicted molar refractivity (Wildman–Crippen MR) is 98.3 cm³/mol. The Balaban J connectivity index is 1.72. The summed E-state index contributed by atoms with van der Waals surface area (Å²) in [4.78, 5) is 28.1. The third kappa shape index (κ3) is 2.85. The highest BCUT2D eigenvalue weighted by molar-refractivity contribution is 5.92. The molecule has 0 heterocycles. The number of rotatable bonds is 4. The van der Waals surface area contributed by atoms with Gasteiger partial charge >= 0.3 is 5.97 Å². The lowest BCUT2D eigenvalue weighted by atomic mass is 9.49. The second-order valence-electron chi connectivity index (χ2n) is 9.23. The molecule has 2 saturated carbocycles. The van der Waals surface area contributed by atoms with Crippen LogP contribution in [0.2, 0.25) is 0 Å². The quantitative estimate of drug-likeness (QED) is 0.654. The van der Waals surface area contributed by atoms with Gasteiger partial charge in [0.05, 0.1) is 11.8 Å². The van der Waals surface area contributed by atoms with Crippen molar-refractivity contribution in [1.82, 2.24) is 5.48 Å². The number of hydrogen-bond donors (Lipinski definition) is 3. The Morgan fingerprint density at radius 2 is 2.04 bits per heavy atom. The number of carboxylic acids is 1. The maximum Gasteiger partial charge on any atom is 0.332 e. The van der Waals surface area contributed by atoms with Crippen molar-refractivity contribution >= 4 is 11.8 Å². The van der Waals surface area contributed by atoms with Gasteiger partial charge in [-0.2, -0.15) is 0 Å². The molecule has 3 N–H and O–H groups in total. The van der Waals surface area contributed by atoms with Gasteiger partial charge in [-0.25, -0.2) is 4.79 Å². The fourth-order valence-electron chi connectivity index (χ4n) is 6.38. The van der Waals surface area contributed by atoms with Gasteiger partial charge in [-0.3, -0.25) is 15.1 Å². The molecule has 0 unspecified atom stereocenters. The number of allylic oxidation sites excluding steroid dienone is 3. The molecular weight excluding hydrogens is 346 g/mol. The Morgan fingerprint density at radius 1 is 1.26 bits per heavy atom. The standard InChI is InChI=1S/C21H29NO5/c1-20-7-5-12(23)9-16(20)17(22-27-11-19(25)26)10-13-14-3-4-18(24)21(14,2)8-6-15(13)20/h9-10,13-15,18,22,24H,3-8,11H2,1-2H3,(H,25,26)/t13-,14-,15-,18-,20+,21-/m0/s1. The molecule has 0 bridgehead atoms. The molecule has 6 atom stereocenters. The normalized spacial score (nSPS) is 43.1. The van der Waals surface area contributed by atoms with Crippen molar-refractivity contribution in [1.29, 1.82) is 0 Å². The SMILES string of the molecule is C[C@]12CC[C@H]3[C@@H](C=C(NOCC(=O)O)C4=CC(=O)CC[C@@]43C)[C@@H]1CC[C@@H]2O. The van der Waals surface area contributed by atoms with Crippen molar-refractivity contribution < 1.29 is 24.6 Å². The molecule has 0 radical (unpaired) electrons. The van der Waals surface area contributed by atoms with E-state index in [0.717, 1.165) is 43.4 Å². The number of aliphatic carboxylic acids is 1. The number of carboxylic acid groups (broad SMARTS) is 1. The zero-order valence-corrected chi connectivity index (χ0v) is 16.0. The number of nitrogens with one attached hydrogen (secondary N) is 1. The summed E-state index contributed by atoms with van der Waals surface area (Å²) >= 11 is 0. The van der Waals surface area contributed by atoms with E-state index in [4.69, 9.17) is 9.94 Å². The molecule has 4 aliphatic rings. The first-order valence-electron chi connectivity index (χ1n) is 10.0. The number of aliphatic hydroxyl groups excluding tert-OH is 1. The fraction of sp³-hybridized carbons (Fsp3) is 0.714. The molecule has 0 aromatic carbocycles. The molecule has 0 saturated heterocycles. The minimum absolute atomic E-state index is 0.0627. The monoisotopic (exact) mass is 375 g/mol. The van der Waals surface area contributed by atoms with Crippen LogP contribution in [0.15, 0.2) is 23.4 Å². The van der Waals surface area contributed by atoms with Crippen molar-refractivity contribution in [2.24, 2.45) is 28.6 Å². The molecule has 27 heavy (non-hydrogen) atoms. The van der Waals surface area contributed by atoms with Crippen LogP contribution in [-0.4, -0.2) is 34.7 Å². The van der Waals surface area contributed by atoms with E-state index in [1.807, 2.05) is 0 Å². The van der Waals surface area contributed by atoms with Crippen molar-refractivity contribution in [3.8, 4) is 0 Å². The number of fused-ring (bicyclic) bond motifs is 5. The first kappa shape index (κ1) is 18.7. The Hall–Kier alpha value is -1.66. The molecule has 4 aliphatic carbocycles. The van der Waals surface area contributed by atoms with Crippen LogP contribution in [-0.2, 0) is 14.4 Å². The Kier molecular flexibility index (Phi) is 4.47. The number of ketones is 1. The highest BCUT2D eigenvalue weighted by atomic mass is 16.7. The van der Waals surface area contributed by atoms with E-state index < -0.39 is 12.6 Å². The minimum Gasteiger partial charge on any atom is -0.479 e. The third-order valence-electron chi connectivity index (χ3n) is 7.94. The van der Waals surface area contributed by atoms with Gasteiger partial charge in [0.25, 0.3) is 0 Å². The van der Waals surface area contributed by atoms with Crippen molar-refractivity contribution in [2.75, 3.05) is 6.61 Å². The zero-order chi connectivity index (χ0) is 19.4. The van der Waals surface area contributed by atoms with Crippen molar-refractivity contribution in [3.63, 3.8) is 0 Å². The van der Waals surface area contributed by atoms with Crippen LogP contribution < -0.4 is 5.48 Å². The van der Waals surface area contributed by atoms with Crippen LogP contribution in [0.5, 0.6) is 0 Å². The molecule has 6 heteroatoms. The molecule has 4 rings (SSSR count). The second kappa shape index (κ2) is 6.45.